The molecule has 0 saturated carbocycles. The van der Waals surface area contributed by atoms with Crippen molar-refractivity contribution in [1.82, 2.24) is 14.9 Å². The minimum atomic E-state index is -0.671. The Balaban J connectivity index is 1.58. The number of hydrogen-bond acceptors (Lipinski definition) is 6. The standard InChI is InChI=1S/C24H27N5O2S/c1-15-8-9-24(3,18-6-4-17(5-7-18)22-26-10-11-32-22)29(14-15)23(31)21(30)28-19-12-16(2)20(25)27-13-19/h4-7,10-13,15H,8-9,14H2,1-3H3,(H2,25,27)(H,28,30)/t15-,24-/m0/s1. The molecule has 1 aromatic carbocycles. The zero-order chi connectivity index (χ0) is 22.9. The molecule has 3 heterocycles. The molecule has 1 aliphatic rings. The Labute approximate surface area is 191 Å². The van der Waals surface area contributed by atoms with E-state index in [1.807, 2.05) is 36.6 Å². The van der Waals surface area contributed by atoms with Gasteiger partial charge in [-0.1, -0.05) is 31.2 Å². The van der Waals surface area contributed by atoms with Crippen LogP contribution in [-0.4, -0.2) is 33.2 Å². The topological polar surface area (TPSA) is 101 Å². The van der Waals surface area contributed by atoms with Crippen molar-refractivity contribution in [3.05, 3.63) is 59.2 Å². The van der Waals surface area contributed by atoms with Crippen LogP contribution in [0.3, 0.4) is 0 Å². The average Bonchev–Trinajstić information content (AvgIpc) is 3.32. The first-order valence-corrected chi connectivity index (χ1v) is 11.5. The van der Waals surface area contributed by atoms with E-state index in [4.69, 9.17) is 5.73 Å². The maximum absolute atomic E-state index is 13.3. The number of likely N-dealkylation sites (tertiary alicyclic amines) is 1. The number of amides is 2. The smallest absolute Gasteiger partial charge is 0.313 e. The highest BCUT2D eigenvalue weighted by atomic mass is 32.1. The fourth-order valence-corrected chi connectivity index (χ4v) is 4.82. The van der Waals surface area contributed by atoms with E-state index < -0.39 is 17.4 Å². The number of rotatable bonds is 3. The Bertz CT molecular complexity index is 1130. The summed E-state index contributed by atoms with van der Waals surface area (Å²) in [5.74, 6) is -0.504. The highest BCUT2D eigenvalue weighted by Gasteiger charge is 2.43. The predicted molar refractivity (Wildman–Crippen MR) is 127 cm³/mol. The van der Waals surface area contributed by atoms with Gasteiger partial charge in [-0.25, -0.2) is 9.97 Å². The number of carbonyl (C=O) groups is 2. The maximum Gasteiger partial charge on any atom is 0.313 e. The van der Waals surface area contributed by atoms with Crippen LogP contribution in [-0.2, 0) is 15.1 Å². The Hall–Kier alpha value is -3.26. The van der Waals surface area contributed by atoms with Gasteiger partial charge < -0.3 is 16.0 Å². The molecule has 2 atom stereocenters. The van der Waals surface area contributed by atoms with E-state index in [-0.39, 0.29) is 0 Å². The van der Waals surface area contributed by atoms with E-state index in [9.17, 15) is 9.59 Å². The number of piperidine rings is 1. The van der Waals surface area contributed by atoms with Crippen molar-refractivity contribution >= 4 is 34.7 Å². The van der Waals surface area contributed by atoms with E-state index in [0.717, 1.165) is 34.5 Å². The summed E-state index contributed by atoms with van der Waals surface area (Å²) in [5, 5.41) is 5.59. The van der Waals surface area contributed by atoms with Crippen molar-refractivity contribution in [2.75, 3.05) is 17.6 Å². The molecule has 0 bridgehead atoms. The lowest BCUT2D eigenvalue weighted by molar-refractivity contribution is -0.150. The number of hydrogen-bond donors (Lipinski definition) is 2. The largest absolute Gasteiger partial charge is 0.383 e. The second kappa shape index (κ2) is 8.70. The first-order valence-electron chi connectivity index (χ1n) is 10.6. The zero-order valence-electron chi connectivity index (χ0n) is 18.5. The first kappa shape index (κ1) is 22.0. The number of nitrogen functional groups attached to an aromatic ring is 1. The lowest BCUT2D eigenvalue weighted by atomic mass is 9.78. The third-order valence-electron chi connectivity index (χ3n) is 6.22. The van der Waals surface area contributed by atoms with Gasteiger partial charge in [0, 0.05) is 23.7 Å². The molecular formula is C24H27N5O2S. The summed E-state index contributed by atoms with van der Waals surface area (Å²) in [6.45, 7) is 6.47. The Morgan fingerprint density at radius 1 is 1.25 bits per heavy atom. The monoisotopic (exact) mass is 449 g/mol. The maximum atomic E-state index is 13.3. The number of thiazole rings is 1. The minimum Gasteiger partial charge on any atom is -0.383 e. The van der Waals surface area contributed by atoms with Crippen LogP contribution in [0.4, 0.5) is 11.5 Å². The number of pyridine rings is 1. The van der Waals surface area contributed by atoms with Gasteiger partial charge in [0.2, 0.25) is 0 Å². The van der Waals surface area contributed by atoms with Crippen LogP contribution in [0.2, 0.25) is 0 Å². The minimum absolute atomic E-state index is 0.315. The van der Waals surface area contributed by atoms with Gasteiger partial charge in [-0.15, -0.1) is 11.3 Å². The normalized spacial score (nSPS) is 20.7. The summed E-state index contributed by atoms with van der Waals surface area (Å²) in [5.41, 5.74) is 8.43. The molecule has 1 aliphatic heterocycles. The summed E-state index contributed by atoms with van der Waals surface area (Å²) >= 11 is 1.59. The molecule has 0 unspecified atom stereocenters. The number of carbonyl (C=O) groups excluding carboxylic acids is 2. The molecule has 3 aromatic rings. The lowest BCUT2D eigenvalue weighted by Crippen LogP contribution is -2.55. The van der Waals surface area contributed by atoms with Gasteiger partial charge in [-0.2, -0.15) is 0 Å². The number of aromatic nitrogens is 2. The van der Waals surface area contributed by atoms with Crippen LogP contribution in [0.15, 0.2) is 48.1 Å². The van der Waals surface area contributed by atoms with Crippen molar-refractivity contribution in [2.45, 2.75) is 39.2 Å². The van der Waals surface area contributed by atoms with Crippen molar-refractivity contribution in [3.8, 4) is 10.6 Å². The van der Waals surface area contributed by atoms with E-state index in [2.05, 4.69) is 22.2 Å². The fourth-order valence-electron chi connectivity index (χ4n) is 4.17. The van der Waals surface area contributed by atoms with Crippen LogP contribution >= 0.6 is 11.3 Å². The third kappa shape index (κ3) is 4.23. The predicted octanol–water partition coefficient (Wildman–Crippen LogP) is 4.21. The Morgan fingerprint density at radius 2 is 2.00 bits per heavy atom. The van der Waals surface area contributed by atoms with Crippen molar-refractivity contribution < 1.29 is 9.59 Å². The second-order valence-electron chi connectivity index (χ2n) is 8.63. The average molecular weight is 450 g/mol. The highest BCUT2D eigenvalue weighted by Crippen LogP contribution is 2.40. The van der Waals surface area contributed by atoms with Gasteiger partial charge >= 0.3 is 11.8 Å². The molecule has 0 radical (unpaired) electrons. The highest BCUT2D eigenvalue weighted by molar-refractivity contribution is 7.13. The summed E-state index contributed by atoms with van der Waals surface area (Å²) < 4.78 is 0. The fraction of sp³-hybridized carbons (Fsp3) is 0.333. The van der Waals surface area contributed by atoms with E-state index in [0.29, 0.717) is 24.0 Å². The van der Waals surface area contributed by atoms with E-state index in [1.54, 1.807) is 35.4 Å². The molecule has 2 aromatic heterocycles. The molecule has 3 N–H and O–H groups in total. The number of benzene rings is 1. The van der Waals surface area contributed by atoms with Crippen LogP contribution < -0.4 is 11.1 Å². The van der Waals surface area contributed by atoms with Crippen LogP contribution in [0.5, 0.6) is 0 Å². The molecule has 2 amide bonds. The van der Waals surface area contributed by atoms with Gasteiger partial charge in [-0.3, -0.25) is 9.59 Å². The second-order valence-corrected chi connectivity index (χ2v) is 9.52. The number of anilines is 2. The molecule has 32 heavy (non-hydrogen) atoms. The molecule has 166 valence electrons. The number of nitrogens with one attached hydrogen (secondary N) is 1. The molecule has 0 aliphatic carbocycles. The first-order chi connectivity index (χ1) is 15.3. The molecule has 8 heteroatoms. The SMILES string of the molecule is Cc1cc(NC(=O)C(=O)N2C[C@@H](C)CC[C@@]2(C)c2ccc(-c3nccs3)cc2)cnc1N. The zero-order valence-corrected chi connectivity index (χ0v) is 19.3. The molecule has 0 spiro atoms. The van der Waals surface area contributed by atoms with E-state index >= 15 is 0 Å². The number of nitrogens with zero attached hydrogens (tertiary/aromatic N) is 3. The number of aryl methyl sites for hydroxylation is 1. The summed E-state index contributed by atoms with van der Waals surface area (Å²) in [4.78, 5) is 36.3. The third-order valence-corrected chi connectivity index (χ3v) is 7.04. The molecule has 7 nitrogen and oxygen atoms in total. The van der Waals surface area contributed by atoms with Crippen LogP contribution in [0, 0.1) is 12.8 Å². The van der Waals surface area contributed by atoms with Crippen molar-refractivity contribution in [3.63, 3.8) is 0 Å². The lowest BCUT2D eigenvalue weighted by Gasteiger charge is -2.47. The quantitative estimate of drug-likeness (QED) is 0.584. The molecule has 1 fully saturated rings. The van der Waals surface area contributed by atoms with Crippen LogP contribution in [0.25, 0.3) is 10.6 Å². The Morgan fingerprint density at radius 3 is 2.66 bits per heavy atom. The summed E-state index contributed by atoms with van der Waals surface area (Å²) in [6, 6.07) is 9.85. The number of nitrogens with two attached hydrogens (primary N) is 1. The molecule has 4 rings (SSSR count). The van der Waals surface area contributed by atoms with Crippen molar-refractivity contribution in [1.29, 1.82) is 0 Å². The molecule has 1 saturated heterocycles. The van der Waals surface area contributed by atoms with Crippen LogP contribution in [0.1, 0.15) is 37.8 Å². The Kier molecular flexibility index (Phi) is 5.97. The van der Waals surface area contributed by atoms with Gasteiger partial charge in [0.05, 0.1) is 17.4 Å². The summed E-state index contributed by atoms with van der Waals surface area (Å²) in [6.07, 6.45) is 5.02. The van der Waals surface area contributed by atoms with E-state index in [1.165, 1.54) is 6.20 Å². The van der Waals surface area contributed by atoms with Gasteiger partial charge in [0.15, 0.2) is 0 Å². The van der Waals surface area contributed by atoms with Gasteiger partial charge in [0.1, 0.15) is 10.8 Å². The van der Waals surface area contributed by atoms with Gasteiger partial charge in [-0.05, 0) is 49.8 Å². The summed E-state index contributed by atoms with van der Waals surface area (Å²) in [7, 11) is 0. The van der Waals surface area contributed by atoms with Crippen molar-refractivity contribution in [2.24, 2.45) is 5.92 Å². The molecular weight excluding hydrogens is 422 g/mol. The van der Waals surface area contributed by atoms with Gasteiger partial charge in [0.25, 0.3) is 0 Å².